The van der Waals surface area contributed by atoms with E-state index in [-0.39, 0.29) is 11.3 Å². The maximum atomic E-state index is 12.8. The van der Waals surface area contributed by atoms with E-state index in [4.69, 9.17) is 0 Å². The average molecular weight is 283 g/mol. The summed E-state index contributed by atoms with van der Waals surface area (Å²) in [4.78, 5) is 12.8. The molecule has 1 aromatic heterocycles. The number of aromatic nitrogens is 2. The third-order valence-electron chi connectivity index (χ3n) is 4.59. The predicted molar refractivity (Wildman–Crippen MR) is 81.8 cm³/mol. The molecule has 2 aromatic rings. The van der Waals surface area contributed by atoms with Gasteiger partial charge in [0.25, 0.3) is 0 Å². The van der Waals surface area contributed by atoms with Crippen molar-refractivity contribution < 1.29 is 4.79 Å². The Labute approximate surface area is 125 Å². The summed E-state index contributed by atoms with van der Waals surface area (Å²) < 4.78 is 0. The molecule has 3 rings (SSSR count). The summed E-state index contributed by atoms with van der Waals surface area (Å²) in [5.41, 5.74) is 2.85. The van der Waals surface area contributed by atoms with E-state index >= 15 is 0 Å². The van der Waals surface area contributed by atoms with Crippen molar-refractivity contribution in [1.29, 1.82) is 0 Å². The summed E-state index contributed by atoms with van der Waals surface area (Å²) in [6, 6.07) is 10.2. The SMILES string of the molecule is Cc1[nH]ncc1CNC(=O)C1(c2ccccc2)CCCC1. The number of aromatic amines is 1. The van der Waals surface area contributed by atoms with E-state index < -0.39 is 0 Å². The molecule has 2 N–H and O–H groups in total. The van der Waals surface area contributed by atoms with Crippen LogP contribution in [0.5, 0.6) is 0 Å². The van der Waals surface area contributed by atoms with Gasteiger partial charge in [0, 0.05) is 17.8 Å². The Bertz CT molecular complexity index is 612. The average Bonchev–Trinajstić information content (AvgIpc) is 3.16. The van der Waals surface area contributed by atoms with Gasteiger partial charge in [0.2, 0.25) is 5.91 Å². The van der Waals surface area contributed by atoms with Crippen molar-refractivity contribution in [3.63, 3.8) is 0 Å². The molecule has 0 aliphatic heterocycles. The second kappa shape index (κ2) is 5.72. The van der Waals surface area contributed by atoms with Gasteiger partial charge in [-0.1, -0.05) is 43.2 Å². The van der Waals surface area contributed by atoms with Gasteiger partial charge in [0.15, 0.2) is 0 Å². The molecule has 1 fully saturated rings. The van der Waals surface area contributed by atoms with E-state index in [0.29, 0.717) is 6.54 Å². The number of carbonyl (C=O) groups is 1. The van der Waals surface area contributed by atoms with Gasteiger partial charge in [-0.25, -0.2) is 0 Å². The monoisotopic (exact) mass is 283 g/mol. The lowest BCUT2D eigenvalue weighted by molar-refractivity contribution is -0.126. The molecule has 1 heterocycles. The van der Waals surface area contributed by atoms with Crippen LogP contribution in [0.2, 0.25) is 0 Å². The van der Waals surface area contributed by atoms with Gasteiger partial charge in [-0.15, -0.1) is 0 Å². The highest BCUT2D eigenvalue weighted by Crippen LogP contribution is 2.41. The molecule has 21 heavy (non-hydrogen) atoms. The van der Waals surface area contributed by atoms with Gasteiger partial charge in [-0.2, -0.15) is 5.10 Å². The molecule has 0 bridgehead atoms. The Kier molecular flexibility index (Phi) is 3.78. The molecule has 1 aliphatic rings. The molecule has 0 spiro atoms. The molecule has 0 unspecified atom stereocenters. The van der Waals surface area contributed by atoms with E-state index in [1.54, 1.807) is 6.20 Å². The molecule has 1 aliphatic carbocycles. The molecule has 0 saturated heterocycles. The number of nitrogens with zero attached hydrogens (tertiary/aromatic N) is 1. The number of amides is 1. The first kappa shape index (κ1) is 13.9. The first-order valence-corrected chi connectivity index (χ1v) is 7.55. The summed E-state index contributed by atoms with van der Waals surface area (Å²) in [5, 5.41) is 10.0. The van der Waals surface area contributed by atoms with Crippen LogP contribution >= 0.6 is 0 Å². The predicted octanol–water partition coefficient (Wildman–Crippen LogP) is 2.85. The Morgan fingerprint density at radius 2 is 2.00 bits per heavy atom. The minimum atomic E-state index is -0.348. The highest BCUT2D eigenvalue weighted by molar-refractivity contribution is 5.88. The number of hydrogen-bond donors (Lipinski definition) is 2. The van der Waals surface area contributed by atoms with Gasteiger partial charge < -0.3 is 5.32 Å². The molecule has 1 saturated carbocycles. The van der Waals surface area contributed by atoms with E-state index in [9.17, 15) is 4.79 Å². The molecule has 4 nitrogen and oxygen atoms in total. The molecular weight excluding hydrogens is 262 g/mol. The summed E-state index contributed by atoms with van der Waals surface area (Å²) in [7, 11) is 0. The third kappa shape index (κ3) is 2.58. The Morgan fingerprint density at radius 3 is 2.62 bits per heavy atom. The van der Waals surface area contributed by atoms with Crippen LogP contribution in [0.25, 0.3) is 0 Å². The Hall–Kier alpha value is -2.10. The summed E-state index contributed by atoms with van der Waals surface area (Å²) >= 11 is 0. The van der Waals surface area contributed by atoms with Crippen molar-refractivity contribution in [2.45, 2.75) is 44.6 Å². The number of H-pyrrole nitrogens is 1. The van der Waals surface area contributed by atoms with Crippen molar-refractivity contribution in [3.05, 3.63) is 53.3 Å². The summed E-state index contributed by atoms with van der Waals surface area (Å²) in [6.45, 7) is 2.51. The number of nitrogens with one attached hydrogen (secondary N) is 2. The quantitative estimate of drug-likeness (QED) is 0.906. The van der Waals surface area contributed by atoms with E-state index in [1.807, 2.05) is 25.1 Å². The van der Waals surface area contributed by atoms with E-state index in [2.05, 4.69) is 27.6 Å². The standard InChI is InChI=1S/C17H21N3O/c1-13-14(12-19-20-13)11-18-16(21)17(9-5-6-10-17)15-7-3-2-4-8-15/h2-4,7-8,12H,5-6,9-11H2,1H3,(H,18,21)(H,19,20). The van der Waals surface area contributed by atoms with Crippen molar-refractivity contribution in [2.24, 2.45) is 0 Å². The van der Waals surface area contributed by atoms with Crippen LogP contribution in [-0.2, 0) is 16.8 Å². The summed E-state index contributed by atoms with van der Waals surface area (Å²) in [6.07, 6.45) is 5.89. The molecule has 1 amide bonds. The van der Waals surface area contributed by atoms with Crippen molar-refractivity contribution in [1.82, 2.24) is 15.5 Å². The van der Waals surface area contributed by atoms with Crippen molar-refractivity contribution >= 4 is 5.91 Å². The van der Waals surface area contributed by atoms with Gasteiger partial charge in [0.05, 0.1) is 11.6 Å². The second-order valence-corrected chi connectivity index (χ2v) is 5.86. The molecule has 110 valence electrons. The molecular formula is C17H21N3O. The number of aryl methyl sites for hydroxylation is 1. The van der Waals surface area contributed by atoms with Gasteiger partial charge in [0.1, 0.15) is 0 Å². The fourth-order valence-electron chi connectivity index (χ4n) is 3.28. The van der Waals surface area contributed by atoms with E-state index in [0.717, 1.165) is 42.5 Å². The zero-order valence-corrected chi connectivity index (χ0v) is 12.4. The highest BCUT2D eigenvalue weighted by atomic mass is 16.2. The van der Waals surface area contributed by atoms with Gasteiger partial charge in [-0.3, -0.25) is 9.89 Å². The Balaban J connectivity index is 1.78. The maximum Gasteiger partial charge on any atom is 0.230 e. The van der Waals surface area contributed by atoms with Gasteiger partial charge >= 0.3 is 0 Å². The fraction of sp³-hybridized carbons (Fsp3) is 0.412. The topological polar surface area (TPSA) is 57.8 Å². The molecule has 4 heteroatoms. The van der Waals surface area contributed by atoms with Crippen LogP contribution in [0, 0.1) is 6.92 Å². The minimum absolute atomic E-state index is 0.145. The zero-order chi connectivity index (χ0) is 14.7. The molecule has 0 atom stereocenters. The van der Waals surface area contributed by atoms with Crippen molar-refractivity contribution in [2.75, 3.05) is 0 Å². The fourth-order valence-corrected chi connectivity index (χ4v) is 3.28. The number of hydrogen-bond acceptors (Lipinski definition) is 2. The zero-order valence-electron chi connectivity index (χ0n) is 12.4. The summed E-state index contributed by atoms with van der Waals surface area (Å²) in [5.74, 6) is 0.145. The normalized spacial score (nSPS) is 16.8. The lowest BCUT2D eigenvalue weighted by Gasteiger charge is -2.28. The van der Waals surface area contributed by atoms with Crippen LogP contribution in [-0.4, -0.2) is 16.1 Å². The third-order valence-corrected chi connectivity index (χ3v) is 4.59. The highest BCUT2D eigenvalue weighted by Gasteiger charge is 2.42. The lowest BCUT2D eigenvalue weighted by atomic mass is 9.78. The van der Waals surface area contributed by atoms with E-state index in [1.165, 1.54) is 0 Å². The smallest absolute Gasteiger partial charge is 0.230 e. The lowest BCUT2D eigenvalue weighted by Crippen LogP contribution is -2.42. The Morgan fingerprint density at radius 1 is 1.29 bits per heavy atom. The van der Waals surface area contributed by atoms with Crippen LogP contribution in [0.15, 0.2) is 36.5 Å². The maximum absolute atomic E-state index is 12.8. The van der Waals surface area contributed by atoms with Crippen LogP contribution in [0.3, 0.4) is 0 Å². The first-order valence-electron chi connectivity index (χ1n) is 7.55. The minimum Gasteiger partial charge on any atom is -0.351 e. The number of rotatable bonds is 4. The van der Waals surface area contributed by atoms with Crippen molar-refractivity contribution in [3.8, 4) is 0 Å². The van der Waals surface area contributed by atoms with Crippen LogP contribution in [0.1, 0.15) is 42.5 Å². The van der Waals surface area contributed by atoms with Gasteiger partial charge in [-0.05, 0) is 25.3 Å². The van der Waals surface area contributed by atoms with Crippen LogP contribution in [0.4, 0.5) is 0 Å². The second-order valence-electron chi connectivity index (χ2n) is 5.86. The molecule has 0 radical (unpaired) electrons. The number of benzene rings is 1. The molecule has 1 aromatic carbocycles. The largest absolute Gasteiger partial charge is 0.351 e. The van der Waals surface area contributed by atoms with Crippen LogP contribution < -0.4 is 5.32 Å². The first-order chi connectivity index (χ1) is 10.2. The number of carbonyl (C=O) groups excluding carboxylic acids is 1.